The van der Waals surface area contributed by atoms with Gasteiger partial charge >= 0.3 is 12.1 Å². The third-order valence-corrected chi connectivity index (χ3v) is 3.22. The van der Waals surface area contributed by atoms with Crippen LogP contribution in [0.1, 0.15) is 28.5 Å². The molecule has 1 aromatic carbocycles. The van der Waals surface area contributed by atoms with Crippen LogP contribution in [0.3, 0.4) is 0 Å². The Morgan fingerprint density at radius 2 is 2.00 bits per heavy atom. The van der Waals surface area contributed by atoms with Crippen LogP contribution < -0.4 is 9.47 Å². The van der Waals surface area contributed by atoms with Gasteiger partial charge in [0.1, 0.15) is 12.2 Å². The topological polar surface area (TPSA) is 62.6 Å². The maximum Gasteiger partial charge on any atom is 0.436 e. The van der Waals surface area contributed by atoms with E-state index >= 15 is 0 Å². The van der Waals surface area contributed by atoms with Gasteiger partial charge in [0.15, 0.2) is 17.2 Å². The smallest absolute Gasteiger partial charge is 0.436 e. The zero-order valence-electron chi connectivity index (χ0n) is 13.9. The summed E-state index contributed by atoms with van der Waals surface area (Å²) in [7, 11) is 2.75. The van der Waals surface area contributed by atoms with Crippen LogP contribution in [0.15, 0.2) is 24.4 Å². The predicted octanol–water partition coefficient (Wildman–Crippen LogP) is 3.20. The van der Waals surface area contributed by atoms with E-state index in [0.29, 0.717) is 23.7 Å². The highest BCUT2D eigenvalue weighted by molar-refractivity contribution is 5.90. The van der Waals surface area contributed by atoms with Crippen molar-refractivity contribution in [1.82, 2.24) is 9.78 Å². The van der Waals surface area contributed by atoms with Crippen molar-refractivity contribution in [3.63, 3.8) is 0 Å². The molecule has 0 bridgehead atoms. The van der Waals surface area contributed by atoms with Gasteiger partial charge in [-0.05, 0) is 24.6 Å². The number of halogens is 3. The third-order valence-electron chi connectivity index (χ3n) is 3.22. The average Bonchev–Trinajstić information content (AvgIpc) is 2.96. The molecule has 0 aliphatic carbocycles. The SMILES string of the molecule is CCOc1ccc(COC(=O)c2cn(C)nc2C(F)(F)F)cc1OC. The number of methoxy groups -OCH3 is 1. The van der Waals surface area contributed by atoms with Crippen molar-refractivity contribution in [2.24, 2.45) is 7.05 Å². The summed E-state index contributed by atoms with van der Waals surface area (Å²) >= 11 is 0. The molecular weight excluding hydrogens is 341 g/mol. The number of benzene rings is 1. The fourth-order valence-electron chi connectivity index (χ4n) is 2.15. The summed E-state index contributed by atoms with van der Waals surface area (Å²) in [5.41, 5.74) is -1.36. The van der Waals surface area contributed by atoms with Gasteiger partial charge in [-0.1, -0.05) is 6.07 Å². The van der Waals surface area contributed by atoms with Crippen molar-refractivity contribution >= 4 is 5.97 Å². The molecule has 0 N–H and O–H groups in total. The molecule has 136 valence electrons. The van der Waals surface area contributed by atoms with Gasteiger partial charge in [-0.15, -0.1) is 0 Å². The Balaban J connectivity index is 2.13. The Kier molecular flexibility index (Phi) is 5.55. The molecule has 6 nitrogen and oxygen atoms in total. The molecule has 0 atom stereocenters. The van der Waals surface area contributed by atoms with E-state index in [1.54, 1.807) is 18.2 Å². The van der Waals surface area contributed by atoms with Crippen molar-refractivity contribution in [1.29, 1.82) is 0 Å². The molecule has 9 heteroatoms. The molecule has 0 amide bonds. The van der Waals surface area contributed by atoms with Crippen LogP contribution in [0.25, 0.3) is 0 Å². The summed E-state index contributed by atoms with van der Waals surface area (Å²) in [5.74, 6) is -0.146. The number of carbonyl (C=O) groups is 1. The zero-order chi connectivity index (χ0) is 18.6. The van der Waals surface area contributed by atoms with Crippen LogP contribution in [-0.2, 0) is 24.6 Å². The second-order valence-corrected chi connectivity index (χ2v) is 5.06. The highest BCUT2D eigenvalue weighted by Gasteiger charge is 2.39. The lowest BCUT2D eigenvalue weighted by molar-refractivity contribution is -0.142. The van der Waals surface area contributed by atoms with E-state index in [-0.39, 0.29) is 6.61 Å². The minimum atomic E-state index is -4.74. The Morgan fingerprint density at radius 1 is 1.28 bits per heavy atom. The molecule has 0 radical (unpaired) electrons. The first-order valence-corrected chi connectivity index (χ1v) is 7.34. The summed E-state index contributed by atoms with van der Waals surface area (Å²) in [6.45, 7) is 2.06. The summed E-state index contributed by atoms with van der Waals surface area (Å²) in [6, 6.07) is 4.86. The third kappa shape index (κ3) is 4.43. The second-order valence-electron chi connectivity index (χ2n) is 5.06. The number of carbonyl (C=O) groups excluding carboxylic acids is 1. The number of ether oxygens (including phenoxy) is 3. The lowest BCUT2D eigenvalue weighted by Crippen LogP contribution is -2.14. The number of rotatable bonds is 6. The molecule has 0 spiro atoms. The van der Waals surface area contributed by atoms with Crippen molar-refractivity contribution in [2.75, 3.05) is 13.7 Å². The molecule has 0 saturated carbocycles. The van der Waals surface area contributed by atoms with Crippen LogP contribution in [-0.4, -0.2) is 29.5 Å². The number of nitrogens with zero attached hydrogens (tertiary/aromatic N) is 2. The fourth-order valence-corrected chi connectivity index (χ4v) is 2.15. The minimum Gasteiger partial charge on any atom is -0.493 e. The average molecular weight is 358 g/mol. The molecule has 25 heavy (non-hydrogen) atoms. The Hall–Kier alpha value is -2.71. The van der Waals surface area contributed by atoms with Crippen LogP contribution in [0, 0.1) is 0 Å². The van der Waals surface area contributed by atoms with Gasteiger partial charge in [0.25, 0.3) is 0 Å². The van der Waals surface area contributed by atoms with E-state index in [2.05, 4.69) is 5.10 Å². The minimum absolute atomic E-state index is 0.214. The highest BCUT2D eigenvalue weighted by Crippen LogP contribution is 2.31. The molecule has 0 unspecified atom stereocenters. The highest BCUT2D eigenvalue weighted by atomic mass is 19.4. The van der Waals surface area contributed by atoms with Crippen LogP contribution in [0.2, 0.25) is 0 Å². The van der Waals surface area contributed by atoms with Gasteiger partial charge in [0.05, 0.1) is 13.7 Å². The van der Waals surface area contributed by atoms with Crippen molar-refractivity contribution in [3.8, 4) is 11.5 Å². The van der Waals surface area contributed by atoms with Crippen molar-refractivity contribution in [3.05, 3.63) is 41.2 Å². The van der Waals surface area contributed by atoms with Crippen molar-refractivity contribution < 1.29 is 32.2 Å². The number of aromatic nitrogens is 2. The monoisotopic (exact) mass is 358 g/mol. The first-order valence-electron chi connectivity index (χ1n) is 7.34. The molecule has 0 aliphatic heterocycles. The quantitative estimate of drug-likeness (QED) is 0.742. The second kappa shape index (κ2) is 7.45. The molecule has 1 aromatic heterocycles. The van der Waals surface area contributed by atoms with Crippen LogP contribution >= 0.6 is 0 Å². The zero-order valence-corrected chi connectivity index (χ0v) is 13.9. The lowest BCUT2D eigenvalue weighted by atomic mass is 10.2. The number of alkyl halides is 3. The Bertz CT molecular complexity index is 756. The predicted molar refractivity (Wildman–Crippen MR) is 81.5 cm³/mol. The van der Waals surface area contributed by atoms with E-state index in [4.69, 9.17) is 14.2 Å². The summed E-state index contributed by atoms with van der Waals surface area (Å²) in [5, 5.41) is 3.27. The Labute approximate surface area is 142 Å². The van der Waals surface area contributed by atoms with Crippen LogP contribution in [0.4, 0.5) is 13.2 Å². The van der Waals surface area contributed by atoms with E-state index in [1.165, 1.54) is 14.2 Å². The maximum atomic E-state index is 12.9. The maximum absolute atomic E-state index is 12.9. The molecule has 0 saturated heterocycles. The lowest BCUT2D eigenvalue weighted by Gasteiger charge is -2.11. The molecule has 2 aromatic rings. The van der Waals surface area contributed by atoms with Crippen molar-refractivity contribution in [2.45, 2.75) is 19.7 Å². The van der Waals surface area contributed by atoms with E-state index in [1.807, 2.05) is 6.92 Å². The number of hydrogen-bond donors (Lipinski definition) is 0. The van der Waals surface area contributed by atoms with E-state index in [9.17, 15) is 18.0 Å². The first-order chi connectivity index (χ1) is 11.8. The van der Waals surface area contributed by atoms with Gasteiger partial charge < -0.3 is 14.2 Å². The fraction of sp³-hybridized carbons (Fsp3) is 0.375. The number of aryl methyl sites for hydroxylation is 1. The van der Waals surface area contributed by atoms with Gasteiger partial charge in [-0.2, -0.15) is 18.3 Å². The molecule has 0 fully saturated rings. The normalized spacial score (nSPS) is 11.3. The van der Waals surface area contributed by atoms with Crippen LogP contribution in [0.5, 0.6) is 11.5 Å². The molecule has 0 aliphatic rings. The standard InChI is InChI=1S/C16H17F3N2O4/c1-4-24-12-6-5-10(7-13(12)23-3)9-25-15(22)11-8-21(2)20-14(11)16(17,18)19/h5-8H,4,9H2,1-3H3. The van der Waals surface area contributed by atoms with E-state index in [0.717, 1.165) is 10.9 Å². The largest absolute Gasteiger partial charge is 0.493 e. The first kappa shape index (κ1) is 18.6. The summed E-state index contributed by atoms with van der Waals surface area (Å²) in [6.07, 6.45) is -3.76. The molecule has 2 rings (SSSR count). The molecular formula is C16H17F3N2O4. The summed E-state index contributed by atoms with van der Waals surface area (Å²) in [4.78, 5) is 12.0. The number of esters is 1. The van der Waals surface area contributed by atoms with Gasteiger partial charge in [-0.25, -0.2) is 4.79 Å². The van der Waals surface area contributed by atoms with E-state index < -0.39 is 23.4 Å². The summed E-state index contributed by atoms with van der Waals surface area (Å²) < 4.78 is 55.1. The molecule has 1 heterocycles. The Morgan fingerprint density at radius 3 is 2.60 bits per heavy atom. The van der Waals surface area contributed by atoms with Gasteiger partial charge in [0.2, 0.25) is 0 Å². The van der Waals surface area contributed by atoms with Gasteiger partial charge in [-0.3, -0.25) is 4.68 Å². The number of hydrogen-bond acceptors (Lipinski definition) is 5. The van der Waals surface area contributed by atoms with Gasteiger partial charge in [0, 0.05) is 13.2 Å².